The topological polar surface area (TPSA) is 211 Å². The number of ether oxygens (including phenoxy) is 3. The molecule has 1 unspecified atom stereocenters. The quantitative estimate of drug-likeness (QED) is 0.0843. The number of rotatable bonds is 14. The van der Waals surface area contributed by atoms with Crippen LogP contribution in [0.3, 0.4) is 0 Å². The molecule has 9 rings (SSSR count). The Labute approximate surface area is 396 Å². The highest BCUT2D eigenvalue weighted by molar-refractivity contribution is 6.06. The molecule has 6 heterocycles. The summed E-state index contributed by atoms with van der Waals surface area (Å²) in [4.78, 5) is 74.4. The minimum Gasteiger partial charge on any atom is -0.493 e. The first kappa shape index (κ1) is 46.2. The van der Waals surface area contributed by atoms with Gasteiger partial charge in [0.05, 0.1) is 42.8 Å². The Morgan fingerprint density at radius 3 is 2.41 bits per heavy atom. The lowest BCUT2D eigenvalue weighted by atomic mass is 10.0. The van der Waals surface area contributed by atoms with Crippen molar-refractivity contribution in [2.45, 2.75) is 65.7 Å². The van der Waals surface area contributed by atoms with E-state index in [9.17, 15) is 19.2 Å². The largest absolute Gasteiger partial charge is 0.493 e. The highest BCUT2D eigenvalue weighted by Gasteiger charge is 2.40. The number of imide groups is 1. The molecule has 3 aliphatic heterocycles. The maximum Gasteiger partial charge on any atom is 0.260 e. The molecule has 3 aromatic carbocycles. The standard InChI is InChI=1S/C49H51FN12O7/c1-27(2)62-29(4)53-44-28(3)18-31(19-38(44)62)45-35(50)23-52-49(56-45)54-41-12-10-30(22-51-41)24-59-14-16-60(17-15-59)43(64)26-69-46-39(67-5)20-32(21-40(46)68-6)57-58-36-9-7-8-33-34(36)25-61(48(33)66)37-11-13-42(63)55-47(37)65/h7-10,12,18-23,27,37H,11,13-17,24-26H2,1-6H3,(H,55,63,65)(H,51,52,54,56). The molecule has 3 aromatic heterocycles. The van der Waals surface area contributed by atoms with E-state index < -0.39 is 17.8 Å². The van der Waals surface area contributed by atoms with Gasteiger partial charge in [0.15, 0.2) is 23.9 Å². The summed E-state index contributed by atoms with van der Waals surface area (Å²) in [5, 5.41) is 14.3. The first-order valence-electron chi connectivity index (χ1n) is 22.6. The van der Waals surface area contributed by atoms with Crippen LogP contribution in [0.15, 0.2) is 77.2 Å². The monoisotopic (exact) mass is 938 g/mol. The Hall–Kier alpha value is -7.87. The maximum atomic E-state index is 15.2. The van der Waals surface area contributed by atoms with Gasteiger partial charge in [0, 0.05) is 86.8 Å². The number of halogens is 1. The number of carbonyl (C=O) groups excluding carboxylic acids is 4. The van der Waals surface area contributed by atoms with Crippen LogP contribution in [0.4, 0.5) is 27.5 Å². The van der Waals surface area contributed by atoms with Crippen molar-refractivity contribution in [3.05, 3.63) is 101 Å². The van der Waals surface area contributed by atoms with E-state index in [4.69, 9.17) is 19.2 Å². The van der Waals surface area contributed by atoms with E-state index in [1.165, 1.54) is 19.1 Å². The predicted octanol–water partition coefficient (Wildman–Crippen LogP) is 6.89. The molecule has 2 saturated heterocycles. The molecule has 0 spiro atoms. The maximum absolute atomic E-state index is 15.2. The first-order chi connectivity index (χ1) is 33.3. The molecule has 0 aliphatic carbocycles. The molecule has 20 heteroatoms. The number of hydrogen-bond acceptors (Lipinski definition) is 15. The van der Waals surface area contributed by atoms with Gasteiger partial charge in [0.25, 0.3) is 11.8 Å². The SMILES string of the molecule is COc1cc(N=Nc2cccc3c2CN(C2CCC(=O)NC2=O)C3=O)cc(OC)c1OCC(=O)N1CCN(Cc2ccc(Nc3ncc(F)c(-c4cc(C)c5nc(C)n(C(C)C)c5c4)n3)nc2)CC1. The molecule has 2 N–H and O–H groups in total. The summed E-state index contributed by atoms with van der Waals surface area (Å²) in [7, 11) is 2.93. The van der Waals surface area contributed by atoms with Crippen molar-refractivity contribution in [2.75, 3.05) is 52.3 Å². The summed E-state index contributed by atoms with van der Waals surface area (Å²) in [6.07, 6.45) is 3.33. The summed E-state index contributed by atoms with van der Waals surface area (Å²) >= 11 is 0. The number of aromatic nitrogens is 5. The fraction of sp³-hybridized carbons (Fsp3) is 0.347. The highest BCUT2D eigenvalue weighted by atomic mass is 19.1. The van der Waals surface area contributed by atoms with Crippen LogP contribution in [-0.2, 0) is 27.5 Å². The van der Waals surface area contributed by atoms with Crippen molar-refractivity contribution < 1.29 is 37.8 Å². The molecule has 4 amide bonds. The number of anilines is 2. The Bertz CT molecular complexity index is 3000. The fourth-order valence-electron chi connectivity index (χ4n) is 9.08. The van der Waals surface area contributed by atoms with Gasteiger partial charge in [0.1, 0.15) is 23.4 Å². The lowest BCUT2D eigenvalue weighted by molar-refractivity contribution is -0.137. The van der Waals surface area contributed by atoms with Crippen molar-refractivity contribution in [2.24, 2.45) is 10.2 Å². The van der Waals surface area contributed by atoms with E-state index in [1.54, 1.807) is 41.4 Å². The Morgan fingerprint density at radius 1 is 0.942 bits per heavy atom. The van der Waals surface area contributed by atoms with Crippen LogP contribution in [-0.4, -0.2) is 116 Å². The number of fused-ring (bicyclic) bond motifs is 2. The second-order valence-electron chi connectivity index (χ2n) is 17.4. The van der Waals surface area contributed by atoms with E-state index in [0.717, 1.165) is 34.2 Å². The third kappa shape index (κ3) is 9.52. The number of nitrogens with one attached hydrogen (secondary N) is 2. The number of azo groups is 1. The van der Waals surface area contributed by atoms with Gasteiger partial charge in [-0.3, -0.25) is 29.4 Å². The Balaban J connectivity index is 0.778. The van der Waals surface area contributed by atoms with Gasteiger partial charge >= 0.3 is 0 Å². The summed E-state index contributed by atoms with van der Waals surface area (Å²) < 4.78 is 34.6. The van der Waals surface area contributed by atoms with Gasteiger partial charge in [-0.1, -0.05) is 12.1 Å². The summed E-state index contributed by atoms with van der Waals surface area (Å²) in [5.41, 5.74) is 6.37. The average molecular weight is 939 g/mol. The van der Waals surface area contributed by atoms with Crippen molar-refractivity contribution in [3.8, 4) is 28.5 Å². The van der Waals surface area contributed by atoms with Crippen molar-refractivity contribution in [1.82, 2.24) is 44.5 Å². The van der Waals surface area contributed by atoms with Crippen LogP contribution in [0.5, 0.6) is 17.2 Å². The molecule has 19 nitrogen and oxygen atoms in total. The number of benzene rings is 3. The molecule has 0 radical (unpaired) electrons. The summed E-state index contributed by atoms with van der Waals surface area (Å²) in [6.45, 7) is 10.9. The van der Waals surface area contributed by atoms with Crippen LogP contribution in [0, 0.1) is 19.7 Å². The number of aryl methyl sites for hydroxylation is 2. The minimum absolute atomic E-state index is 0.146. The number of nitrogens with zero attached hydrogens (tertiary/aromatic N) is 10. The number of imidazole rings is 1. The Kier molecular flexibility index (Phi) is 13.0. The average Bonchev–Trinajstić information content (AvgIpc) is 3.87. The zero-order valence-corrected chi connectivity index (χ0v) is 39.1. The molecule has 0 bridgehead atoms. The number of amides is 4. The van der Waals surface area contributed by atoms with E-state index >= 15 is 4.39 Å². The second-order valence-corrected chi connectivity index (χ2v) is 17.4. The van der Waals surface area contributed by atoms with Gasteiger partial charge in [0.2, 0.25) is 23.5 Å². The molecule has 6 aromatic rings. The smallest absolute Gasteiger partial charge is 0.260 e. The number of methoxy groups -OCH3 is 2. The number of carbonyl (C=O) groups is 4. The molecule has 0 saturated carbocycles. The highest BCUT2D eigenvalue weighted by Crippen LogP contribution is 2.42. The second kappa shape index (κ2) is 19.4. The van der Waals surface area contributed by atoms with Gasteiger partial charge in [-0.05, 0) is 75.6 Å². The van der Waals surface area contributed by atoms with Gasteiger partial charge < -0.3 is 33.9 Å². The van der Waals surface area contributed by atoms with Crippen LogP contribution in [0.25, 0.3) is 22.3 Å². The fourth-order valence-corrected chi connectivity index (χ4v) is 9.08. The van der Waals surface area contributed by atoms with E-state index in [0.29, 0.717) is 66.6 Å². The van der Waals surface area contributed by atoms with Gasteiger partial charge in [-0.25, -0.2) is 24.3 Å². The summed E-state index contributed by atoms with van der Waals surface area (Å²) in [6, 6.07) is 15.3. The van der Waals surface area contributed by atoms with Crippen LogP contribution in [0.2, 0.25) is 0 Å². The van der Waals surface area contributed by atoms with Crippen molar-refractivity contribution in [3.63, 3.8) is 0 Å². The number of pyridine rings is 1. The van der Waals surface area contributed by atoms with Crippen molar-refractivity contribution >= 4 is 57.8 Å². The zero-order valence-electron chi connectivity index (χ0n) is 39.1. The van der Waals surface area contributed by atoms with E-state index in [1.807, 2.05) is 38.1 Å². The lowest BCUT2D eigenvalue weighted by Gasteiger charge is -2.34. The lowest BCUT2D eigenvalue weighted by Crippen LogP contribution is -2.52. The molecule has 1 atom stereocenters. The molecule has 69 heavy (non-hydrogen) atoms. The Morgan fingerprint density at radius 2 is 1.71 bits per heavy atom. The van der Waals surface area contributed by atoms with Crippen LogP contribution < -0.4 is 24.8 Å². The molecule has 2 fully saturated rings. The number of hydrogen-bond donors (Lipinski definition) is 2. The van der Waals surface area contributed by atoms with Crippen molar-refractivity contribution in [1.29, 1.82) is 0 Å². The number of piperazine rings is 1. The minimum atomic E-state index is -0.754. The summed E-state index contributed by atoms with van der Waals surface area (Å²) in [5.74, 6) is 0.509. The number of piperidine rings is 1. The van der Waals surface area contributed by atoms with Gasteiger partial charge in [-0.15, -0.1) is 0 Å². The molecule has 3 aliphatic rings. The molecular weight excluding hydrogens is 888 g/mol. The van der Waals surface area contributed by atoms with E-state index in [-0.39, 0.29) is 78.6 Å². The van der Waals surface area contributed by atoms with Crippen LogP contribution in [0.1, 0.15) is 65.6 Å². The predicted molar refractivity (Wildman–Crippen MR) is 252 cm³/mol. The first-order valence-corrected chi connectivity index (χ1v) is 22.6. The van der Waals surface area contributed by atoms with Gasteiger partial charge in [-0.2, -0.15) is 10.2 Å². The van der Waals surface area contributed by atoms with Crippen LogP contribution >= 0.6 is 0 Å². The van der Waals surface area contributed by atoms with E-state index in [2.05, 4.69) is 59.1 Å². The normalized spacial score (nSPS) is 16.4. The third-order valence-corrected chi connectivity index (χ3v) is 12.5. The third-order valence-electron chi connectivity index (χ3n) is 12.5. The molecular formula is C49H51FN12O7. The molecule has 356 valence electrons. The zero-order chi connectivity index (χ0) is 48.5.